The number of allylic oxidation sites excluding steroid dienone is 2. The highest BCUT2D eigenvalue weighted by molar-refractivity contribution is 6.30. The van der Waals surface area contributed by atoms with Gasteiger partial charge in [0, 0.05) is 16.4 Å². The Labute approximate surface area is 239 Å². The lowest BCUT2D eigenvalue weighted by Crippen LogP contribution is -2.32. The SMILES string of the molecule is CC1=C(C(=O)OCC=C(c2ccccc2)c2ccccc2)C(c2cccc(Cl)c2)C(C(=O)OCCC#N)=C(C)N1. The van der Waals surface area contributed by atoms with Crippen LogP contribution >= 0.6 is 11.6 Å². The smallest absolute Gasteiger partial charge is 0.337 e. The molecule has 0 saturated carbocycles. The van der Waals surface area contributed by atoms with Crippen LogP contribution in [0.2, 0.25) is 5.02 Å². The standard InChI is InChI=1S/C33H29ClN2O4/c1-22-29(32(37)39-19-10-18-35)31(26-15-9-16-27(34)21-26)30(23(2)36-22)33(38)40-20-17-28(24-11-5-3-6-12-24)25-13-7-4-8-14-25/h3-9,11-17,21,31,36H,10,19-20H2,1-2H3. The van der Waals surface area contributed by atoms with E-state index < -0.39 is 17.9 Å². The van der Waals surface area contributed by atoms with Gasteiger partial charge in [-0.25, -0.2) is 9.59 Å². The number of nitrogens with one attached hydrogen (secondary N) is 1. The van der Waals surface area contributed by atoms with E-state index in [1.807, 2.05) is 72.8 Å². The highest BCUT2D eigenvalue weighted by Gasteiger charge is 2.38. The predicted octanol–water partition coefficient (Wildman–Crippen LogP) is 6.71. The van der Waals surface area contributed by atoms with Crippen molar-refractivity contribution in [1.29, 1.82) is 5.26 Å². The van der Waals surface area contributed by atoms with Gasteiger partial charge in [-0.1, -0.05) is 84.4 Å². The van der Waals surface area contributed by atoms with Crippen LogP contribution < -0.4 is 5.32 Å². The minimum Gasteiger partial charge on any atom is -0.461 e. The van der Waals surface area contributed by atoms with Gasteiger partial charge in [0.25, 0.3) is 0 Å². The van der Waals surface area contributed by atoms with E-state index in [0.717, 1.165) is 16.7 Å². The number of nitrogens with zero attached hydrogens (tertiary/aromatic N) is 1. The molecule has 0 aliphatic carbocycles. The second kappa shape index (κ2) is 13.5. The zero-order chi connectivity index (χ0) is 28.5. The lowest BCUT2D eigenvalue weighted by Gasteiger charge is -2.30. The first-order chi connectivity index (χ1) is 19.4. The molecule has 4 rings (SSSR count). The average Bonchev–Trinajstić information content (AvgIpc) is 2.96. The van der Waals surface area contributed by atoms with Crippen LogP contribution in [0.4, 0.5) is 0 Å². The first-order valence-electron chi connectivity index (χ1n) is 12.9. The van der Waals surface area contributed by atoms with Gasteiger partial charge in [0.15, 0.2) is 0 Å². The number of dihydropyridines is 1. The van der Waals surface area contributed by atoms with E-state index in [1.54, 1.807) is 38.1 Å². The van der Waals surface area contributed by atoms with Crippen LogP contribution in [0.15, 0.2) is 114 Å². The molecule has 1 heterocycles. The number of ether oxygens (including phenoxy) is 2. The van der Waals surface area contributed by atoms with Crippen molar-refractivity contribution in [2.75, 3.05) is 13.2 Å². The zero-order valence-electron chi connectivity index (χ0n) is 22.3. The minimum absolute atomic E-state index is 0.0155. The molecule has 3 aromatic rings. The molecule has 3 aromatic carbocycles. The number of halogens is 1. The first kappa shape index (κ1) is 28.4. The number of esters is 2. The van der Waals surface area contributed by atoms with Gasteiger partial charge in [-0.15, -0.1) is 0 Å². The number of hydrogen-bond acceptors (Lipinski definition) is 6. The average molecular weight is 553 g/mol. The molecule has 202 valence electrons. The molecule has 6 nitrogen and oxygen atoms in total. The lowest BCUT2D eigenvalue weighted by molar-refractivity contribution is -0.139. The van der Waals surface area contributed by atoms with Crippen molar-refractivity contribution in [1.82, 2.24) is 5.32 Å². The first-order valence-corrected chi connectivity index (χ1v) is 13.2. The van der Waals surface area contributed by atoms with E-state index in [2.05, 4.69) is 5.32 Å². The second-order valence-electron chi connectivity index (χ2n) is 9.18. The van der Waals surface area contributed by atoms with Gasteiger partial charge in [0.2, 0.25) is 0 Å². The Morgan fingerprint density at radius 2 is 1.45 bits per heavy atom. The van der Waals surface area contributed by atoms with E-state index in [4.69, 9.17) is 26.3 Å². The van der Waals surface area contributed by atoms with Crippen LogP contribution in [0.1, 0.15) is 42.9 Å². The summed E-state index contributed by atoms with van der Waals surface area (Å²) >= 11 is 6.30. The van der Waals surface area contributed by atoms with Crippen molar-refractivity contribution in [3.63, 3.8) is 0 Å². The number of hydrogen-bond donors (Lipinski definition) is 1. The third kappa shape index (κ3) is 6.69. The van der Waals surface area contributed by atoms with E-state index in [1.165, 1.54) is 0 Å². The molecule has 0 fully saturated rings. The Morgan fingerprint density at radius 1 is 0.875 bits per heavy atom. The Bertz CT molecular complexity index is 1480. The monoisotopic (exact) mass is 552 g/mol. The highest BCUT2D eigenvalue weighted by Crippen LogP contribution is 2.40. The number of benzene rings is 3. The van der Waals surface area contributed by atoms with Gasteiger partial charge < -0.3 is 14.8 Å². The van der Waals surface area contributed by atoms with Crippen LogP contribution in [-0.4, -0.2) is 25.2 Å². The van der Waals surface area contributed by atoms with Crippen LogP contribution in [0.5, 0.6) is 0 Å². The maximum absolute atomic E-state index is 13.7. The third-order valence-electron chi connectivity index (χ3n) is 6.50. The fourth-order valence-electron chi connectivity index (χ4n) is 4.74. The fourth-order valence-corrected chi connectivity index (χ4v) is 4.94. The largest absolute Gasteiger partial charge is 0.461 e. The third-order valence-corrected chi connectivity index (χ3v) is 6.74. The Kier molecular flexibility index (Phi) is 9.56. The maximum atomic E-state index is 13.7. The molecule has 1 unspecified atom stereocenters. The molecular weight excluding hydrogens is 524 g/mol. The summed E-state index contributed by atoms with van der Waals surface area (Å²) in [5.41, 5.74) is 5.25. The Balaban J connectivity index is 1.66. The molecule has 0 radical (unpaired) electrons. The molecule has 1 atom stereocenters. The molecule has 1 aliphatic heterocycles. The van der Waals surface area contributed by atoms with E-state index >= 15 is 0 Å². The molecule has 0 saturated heterocycles. The number of rotatable bonds is 9. The van der Waals surface area contributed by atoms with Gasteiger partial charge >= 0.3 is 11.9 Å². The number of carbonyl (C=O) groups is 2. The molecule has 1 N–H and O–H groups in total. The van der Waals surface area contributed by atoms with Crippen molar-refractivity contribution >= 4 is 29.1 Å². The van der Waals surface area contributed by atoms with Crippen LogP contribution in [0.25, 0.3) is 5.57 Å². The topological polar surface area (TPSA) is 88.4 Å². The molecule has 7 heteroatoms. The van der Waals surface area contributed by atoms with Crippen molar-refractivity contribution in [2.45, 2.75) is 26.2 Å². The summed E-state index contributed by atoms with van der Waals surface area (Å²) in [5, 5.41) is 12.5. The van der Waals surface area contributed by atoms with Crippen LogP contribution in [0.3, 0.4) is 0 Å². The number of carbonyl (C=O) groups excluding carboxylic acids is 2. The fraction of sp³-hybridized carbons (Fsp3) is 0.182. The zero-order valence-corrected chi connectivity index (χ0v) is 23.1. The van der Waals surface area contributed by atoms with Crippen LogP contribution in [-0.2, 0) is 19.1 Å². The second-order valence-corrected chi connectivity index (χ2v) is 9.62. The van der Waals surface area contributed by atoms with Gasteiger partial charge in [-0.05, 0) is 54.3 Å². The molecule has 0 aromatic heterocycles. The minimum atomic E-state index is -0.770. The summed E-state index contributed by atoms with van der Waals surface area (Å²) in [6, 6.07) is 28.7. The molecular formula is C33H29ClN2O4. The van der Waals surface area contributed by atoms with Crippen molar-refractivity contribution < 1.29 is 19.1 Å². The quantitative estimate of drug-likeness (QED) is 0.234. The van der Waals surface area contributed by atoms with Crippen molar-refractivity contribution in [3.05, 3.63) is 135 Å². The van der Waals surface area contributed by atoms with Gasteiger partial charge in [0.05, 0.1) is 29.6 Å². The van der Waals surface area contributed by atoms with Gasteiger partial charge in [-0.3, -0.25) is 0 Å². The summed E-state index contributed by atoms with van der Waals surface area (Å²) in [6.07, 6.45) is 1.94. The van der Waals surface area contributed by atoms with Crippen molar-refractivity contribution in [2.24, 2.45) is 0 Å². The maximum Gasteiger partial charge on any atom is 0.337 e. The number of nitriles is 1. The lowest BCUT2D eigenvalue weighted by atomic mass is 9.80. The van der Waals surface area contributed by atoms with Gasteiger partial charge in [-0.2, -0.15) is 5.26 Å². The Morgan fingerprint density at radius 3 is 2.00 bits per heavy atom. The molecule has 40 heavy (non-hydrogen) atoms. The summed E-state index contributed by atoms with van der Waals surface area (Å²) < 4.78 is 11.2. The summed E-state index contributed by atoms with van der Waals surface area (Å²) in [4.78, 5) is 26.9. The molecule has 0 spiro atoms. The Hall–Kier alpha value is -4.60. The summed E-state index contributed by atoms with van der Waals surface area (Å²) in [7, 11) is 0. The molecule has 0 bridgehead atoms. The molecule has 1 aliphatic rings. The van der Waals surface area contributed by atoms with E-state index in [0.29, 0.717) is 22.0 Å². The normalized spacial score (nSPS) is 14.6. The van der Waals surface area contributed by atoms with Crippen molar-refractivity contribution in [3.8, 4) is 6.07 Å². The molecule has 0 amide bonds. The van der Waals surface area contributed by atoms with E-state index in [-0.39, 0.29) is 30.8 Å². The highest BCUT2D eigenvalue weighted by atomic mass is 35.5. The van der Waals surface area contributed by atoms with Crippen LogP contribution in [0, 0.1) is 11.3 Å². The summed E-state index contributed by atoms with van der Waals surface area (Å²) in [6.45, 7) is 3.48. The summed E-state index contributed by atoms with van der Waals surface area (Å²) in [5.74, 6) is -1.95. The van der Waals surface area contributed by atoms with Gasteiger partial charge in [0.1, 0.15) is 13.2 Å². The predicted molar refractivity (Wildman–Crippen MR) is 155 cm³/mol. The van der Waals surface area contributed by atoms with E-state index in [9.17, 15) is 9.59 Å².